The number of rotatable bonds is 3. The summed E-state index contributed by atoms with van der Waals surface area (Å²) in [6.45, 7) is 6.20. The third kappa shape index (κ3) is 3.35. The Morgan fingerprint density at radius 2 is 1.84 bits per heavy atom. The van der Waals surface area contributed by atoms with E-state index in [4.69, 9.17) is 0 Å². The van der Waals surface area contributed by atoms with Crippen LogP contribution in [0.1, 0.15) is 29.7 Å². The molecule has 0 aliphatic heterocycles. The van der Waals surface area contributed by atoms with Gasteiger partial charge in [0.2, 0.25) is 0 Å². The highest BCUT2D eigenvalue weighted by Crippen LogP contribution is 2.26. The van der Waals surface area contributed by atoms with Crippen LogP contribution in [0.5, 0.6) is 0 Å². The molecule has 2 rings (SSSR count). The number of nitrogens with one attached hydrogen (secondary N) is 1. The molecule has 0 heterocycles. The molecule has 0 amide bonds. The summed E-state index contributed by atoms with van der Waals surface area (Å²) >= 11 is 3.26. The molecule has 0 saturated carbocycles. The first-order valence-electron chi connectivity index (χ1n) is 6.26. The van der Waals surface area contributed by atoms with Crippen molar-refractivity contribution in [3.05, 3.63) is 63.4 Å². The molecular weight excluding hydrogens is 305 g/mol. The molecule has 100 valence electrons. The van der Waals surface area contributed by atoms with Crippen molar-refractivity contribution in [2.45, 2.75) is 26.8 Å². The Morgan fingerprint density at radius 1 is 1.11 bits per heavy atom. The molecule has 0 aliphatic carbocycles. The van der Waals surface area contributed by atoms with Gasteiger partial charge in [0.25, 0.3) is 0 Å². The minimum atomic E-state index is -0.244. The first-order valence-corrected chi connectivity index (χ1v) is 7.05. The van der Waals surface area contributed by atoms with Crippen molar-refractivity contribution in [3.8, 4) is 0 Å². The van der Waals surface area contributed by atoms with Crippen LogP contribution in [0.4, 0.5) is 10.1 Å². The van der Waals surface area contributed by atoms with Crippen LogP contribution >= 0.6 is 15.9 Å². The zero-order chi connectivity index (χ0) is 14.0. The fraction of sp³-hybridized carbons (Fsp3) is 0.250. The summed E-state index contributed by atoms with van der Waals surface area (Å²) in [6, 6.07) is 11.4. The summed E-state index contributed by atoms with van der Waals surface area (Å²) in [5, 5.41) is 3.22. The molecule has 1 nitrogen and oxygen atoms in total. The maximum Gasteiger partial charge on any atom is 0.147 e. The van der Waals surface area contributed by atoms with Crippen molar-refractivity contribution in [2.75, 3.05) is 5.32 Å². The van der Waals surface area contributed by atoms with Crippen molar-refractivity contribution >= 4 is 21.6 Å². The van der Waals surface area contributed by atoms with Gasteiger partial charge in [-0.05, 0) is 50.1 Å². The Hall–Kier alpha value is -1.35. The molecule has 1 N–H and O–H groups in total. The normalized spacial score (nSPS) is 12.3. The second-order valence-corrected chi connectivity index (χ2v) is 5.77. The fourth-order valence-electron chi connectivity index (χ4n) is 2.23. The lowest BCUT2D eigenvalue weighted by atomic mass is 10.00. The predicted molar refractivity (Wildman–Crippen MR) is 82.1 cm³/mol. The Kier molecular flexibility index (Phi) is 4.25. The van der Waals surface area contributed by atoms with Gasteiger partial charge in [0.15, 0.2) is 0 Å². The van der Waals surface area contributed by atoms with E-state index in [0.717, 1.165) is 4.47 Å². The number of benzene rings is 2. The third-order valence-electron chi connectivity index (χ3n) is 3.19. The van der Waals surface area contributed by atoms with Gasteiger partial charge in [0.05, 0.1) is 5.69 Å². The molecule has 0 spiro atoms. The van der Waals surface area contributed by atoms with Crippen LogP contribution in [0.3, 0.4) is 0 Å². The van der Waals surface area contributed by atoms with Crippen LogP contribution < -0.4 is 5.32 Å². The van der Waals surface area contributed by atoms with E-state index >= 15 is 0 Å². The molecule has 19 heavy (non-hydrogen) atoms. The maximum absolute atomic E-state index is 13.8. The highest BCUT2D eigenvalue weighted by molar-refractivity contribution is 9.10. The Bertz CT molecular complexity index is 595. The topological polar surface area (TPSA) is 12.0 Å². The van der Waals surface area contributed by atoms with Crippen LogP contribution in [-0.4, -0.2) is 0 Å². The second-order valence-electron chi connectivity index (χ2n) is 4.85. The molecule has 0 aromatic heterocycles. The highest BCUT2D eigenvalue weighted by Gasteiger charge is 2.11. The molecule has 1 atom stereocenters. The standard InChI is InChI=1S/C16H17BrFN/c1-10-4-6-14(11(2)8-10)12(3)19-16-7-5-13(17)9-15(16)18/h4-9,12,19H,1-3H3. The van der Waals surface area contributed by atoms with Gasteiger partial charge in [0.1, 0.15) is 5.82 Å². The van der Waals surface area contributed by atoms with Crippen molar-refractivity contribution in [1.29, 1.82) is 0 Å². The van der Waals surface area contributed by atoms with E-state index in [1.54, 1.807) is 6.07 Å². The fourth-order valence-corrected chi connectivity index (χ4v) is 2.56. The van der Waals surface area contributed by atoms with E-state index in [2.05, 4.69) is 53.3 Å². The van der Waals surface area contributed by atoms with Gasteiger partial charge in [0, 0.05) is 10.5 Å². The van der Waals surface area contributed by atoms with E-state index in [-0.39, 0.29) is 11.9 Å². The zero-order valence-corrected chi connectivity index (χ0v) is 12.9. The smallest absolute Gasteiger partial charge is 0.147 e. The summed E-state index contributed by atoms with van der Waals surface area (Å²) in [5.74, 6) is -0.244. The predicted octanol–water partition coefficient (Wildman–Crippen LogP) is 5.38. The molecule has 0 aliphatic rings. The number of halogens is 2. The molecule has 0 saturated heterocycles. The zero-order valence-electron chi connectivity index (χ0n) is 11.3. The first-order chi connectivity index (χ1) is 8.97. The van der Waals surface area contributed by atoms with Gasteiger partial charge in [-0.15, -0.1) is 0 Å². The van der Waals surface area contributed by atoms with Gasteiger partial charge in [-0.1, -0.05) is 39.7 Å². The van der Waals surface area contributed by atoms with E-state index in [1.165, 1.54) is 22.8 Å². The van der Waals surface area contributed by atoms with Crippen molar-refractivity contribution in [2.24, 2.45) is 0 Å². The summed E-state index contributed by atoms with van der Waals surface area (Å²) in [6.07, 6.45) is 0. The first kappa shape index (κ1) is 14.1. The van der Waals surface area contributed by atoms with Gasteiger partial charge >= 0.3 is 0 Å². The maximum atomic E-state index is 13.8. The molecule has 0 fully saturated rings. The summed E-state index contributed by atoms with van der Waals surface area (Å²) < 4.78 is 14.5. The lowest BCUT2D eigenvalue weighted by Crippen LogP contribution is -2.09. The largest absolute Gasteiger partial charge is 0.376 e. The van der Waals surface area contributed by atoms with Gasteiger partial charge in [-0.25, -0.2) is 4.39 Å². The third-order valence-corrected chi connectivity index (χ3v) is 3.69. The van der Waals surface area contributed by atoms with E-state index in [0.29, 0.717) is 5.69 Å². The number of hydrogen-bond donors (Lipinski definition) is 1. The lowest BCUT2D eigenvalue weighted by molar-refractivity contribution is 0.626. The van der Waals surface area contributed by atoms with Crippen LogP contribution in [0, 0.1) is 19.7 Å². The molecule has 2 aromatic rings. The minimum Gasteiger partial charge on any atom is -0.376 e. The summed E-state index contributed by atoms with van der Waals surface area (Å²) in [4.78, 5) is 0. The van der Waals surface area contributed by atoms with Gasteiger partial charge in [-0.3, -0.25) is 0 Å². The van der Waals surface area contributed by atoms with Crippen molar-refractivity contribution in [3.63, 3.8) is 0 Å². The summed E-state index contributed by atoms with van der Waals surface area (Å²) in [7, 11) is 0. The summed E-state index contributed by atoms with van der Waals surface area (Å²) in [5.41, 5.74) is 4.17. The molecule has 2 aromatic carbocycles. The molecule has 0 bridgehead atoms. The quantitative estimate of drug-likeness (QED) is 0.800. The van der Waals surface area contributed by atoms with Crippen LogP contribution in [-0.2, 0) is 0 Å². The average molecular weight is 322 g/mol. The van der Waals surface area contributed by atoms with Gasteiger partial charge < -0.3 is 5.32 Å². The molecule has 1 unspecified atom stereocenters. The average Bonchev–Trinajstić information content (AvgIpc) is 2.32. The van der Waals surface area contributed by atoms with E-state index in [1.807, 2.05) is 13.0 Å². The van der Waals surface area contributed by atoms with E-state index in [9.17, 15) is 4.39 Å². The second kappa shape index (κ2) is 5.74. The Labute approximate surface area is 122 Å². The Balaban J connectivity index is 2.23. The number of hydrogen-bond acceptors (Lipinski definition) is 1. The number of anilines is 1. The molecule has 3 heteroatoms. The van der Waals surface area contributed by atoms with E-state index < -0.39 is 0 Å². The highest BCUT2D eigenvalue weighted by atomic mass is 79.9. The van der Waals surface area contributed by atoms with Crippen molar-refractivity contribution < 1.29 is 4.39 Å². The van der Waals surface area contributed by atoms with Gasteiger partial charge in [-0.2, -0.15) is 0 Å². The SMILES string of the molecule is Cc1ccc(C(C)Nc2ccc(Br)cc2F)c(C)c1. The lowest BCUT2D eigenvalue weighted by Gasteiger charge is -2.18. The van der Waals surface area contributed by atoms with Crippen LogP contribution in [0.2, 0.25) is 0 Å². The number of aryl methyl sites for hydroxylation is 2. The van der Waals surface area contributed by atoms with Crippen LogP contribution in [0.15, 0.2) is 40.9 Å². The van der Waals surface area contributed by atoms with Crippen LogP contribution in [0.25, 0.3) is 0 Å². The monoisotopic (exact) mass is 321 g/mol. The molecule has 0 radical (unpaired) electrons. The molecular formula is C16H17BrFN. The van der Waals surface area contributed by atoms with Crippen molar-refractivity contribution in [1.82, 2.24) is 0 Å². The Morgan fingerprint density at radius 3 is 2.47 bits per heavy atom. The minimum absolute atomic E-state index is 0.0660.